The number of benzene rings is 1. The van der Waals surface area contributed by atoms with E-state index >= 15 is 0 Å². The standard InChI is InChI=1S/C23H15Cl2N8O/c24-15-3-5-18(32-12-27-30-31-32)17(10-15)14-8-16-4-6-19(33(16)20(34)9-14)23-28-21(22(25)29-23)13-2-1-7-26-11-13/h1-3,5,8-12,19H,4,6H2,(H,28,29)/t19-/m0/s1. The van der Waals surface area contributed by atoms with E-state index in [1.54, 1.807) is 39.7 Å². The molecule has 34 heavy (non-hydrogen) atoms. The van der Waals surface area contributed by atoms with Gasteiger partial charge in [-0.2, -0.15) is 4.68 Å². The molecule has 0 aliphatic carbocycles. The minimum absolute atomic E-state index is 0.136. The Hall–Kier alpha value is -3.82. The summed E-state index contributed by atoms with van der Waals surface area (Å²) >= 11 is 12.7. The number of aryl methyl sites for hydroxylation is 1. The molecule has 0 saturated carbocycles. The monoisotopic (exact) mass is 489 g/mol. The SMILES string of the molecule is O=c1cc(-c2cc(Cl)ccc2-n2cnnn2)cc2n1[C@H](c1nc(Cl)c(-c3cc[c]nc3)[nH]1)CC2. The first-order valence-electron chi connectivity index (χ1n) is 10.4. The summed E-state index contributed by atoms with van der Waals surface area (Å²) in [6.45, 7) is 0. The molecule has 5 heterocycles. The molecule has 0 spiro atoms. The second kappa shape index (κ2) is 8.19. The second-order valence-electron chi connectivity index (χ2n) is 7.88. The van der Waals surface area contributed by atoms with Gasteiger partial charge in [-0.25, -0.2) is 4.98 Å². The molecule has 1 atom stereocenters. The molecule has 167 valence electrons. The molecule has 1 radical (unpaired) electrons. The van der Waals surface area contributed by atoms with Gasteiger partial charge in [0.2, 0.25) is 0 Å². The molecule has 11 heteroatoms. The summed E-state index contributed by atoms with van der Waals surface area (Å²) in [7, 11) is 0. The van der Waals surface area contributed by atoms with Crippen LogP contribution in [-0.4, -0.2) is 39.7 Å². The fraction of sp³-hybridized carbons (Fsp3) is 0.130. The lowest BCUT2D eigenvalue weighted by Crippen LogP contribution is -2.24. The van der Waals surface area contributed by atoms with Crippen LogP contribution in [0.1, 0.15) is 24.0 Å². The van der Waals surface area contributed by atoms with Gasteiger partial charge in [-0.3, -0.25) is 9.78 Å². The molecular weight excluding hydrogens is 475 g/mol. The summed E-state index contributed by atoms with van der Waals surface area (Å²) in [5, 5.41) is 12.3. The highest BCUT2D eigenvalue weighted by Crippen LogP contribution is 2.35. The molecule has 1 N–H and O–H groups in total. The van der Waals surface area contributed by atoms with E-state index < -0.39 is 0 Å². The number of hydrogen-bond acceptors (Lipinski definition) is 6. The molecule has 9 nitrogen and oxygen atoms in total. The summed E-state index contributed by atoms with van der Waals surface area (Å²) in [5.74, 6) is 0.638. The van der Waals surface area contributed by atoms with E-state index in [1.807, 2.05) is 18.2 Å². The van der Waals surface area contributed by atoms with Crippen LogP contribution < -0.4 is 5.56 Å². The van der Waals surface area contributed by atoms with Gasteiger partial charge in [0.1, 0.15) is 12.2 Å². The summed E-state index contributed by atoms with van der Waals surface area (Å²) in [4.78, 5) is 25.2. The fourth-order valence-electron chi connectivity index (χ4n) is 4.41. The van der Waals surface area contributed by atoms with Gasteiger partial charge in [-0.05, 0) is 65.2 Å². The predicted molar refractivity (Wildman–Crippen MR) is 126 cm³/mol. The Morgan fingerprint density at radius 1 is 1.12 bits per heavy atom. The predicted octanol–water partition coefficient (Wildman–Crippen LogP) is 3.92. The number of rotatable bonds is 4. The first kappa shape index (κ1) is 20.8. The Kier molecular flexibility index (Phi) is 5.00. The molecule has 0 amide bonds. The Bertz CT molecular complexity index is 1560. The highest BCUT2D eigenvalue weighted by molar-refractivity contribution is 6.32. The third kappa shape index (κ3) is 3.49. The number of hydrogen-bond donors (Lipinski definition) is 1. The van der Waals surface area contributed by atoms with E-state index in [9.17, 15) is 4.79 Å². The topological polar surface area (TPSA) is 107 Å². The smallest absolute Gasteiger partial charge is 0.252 e. The van der Waals surface area contributed by atoms with E-state index in [-0.39, 0.29) is 11.6 Å². The molecule has 4 aromatic heterocycles. The molecular formula is C23H15Cl2N8O. The molecule has 0 saturated heterocycles. The van der Waals surface area contributed by atoms with E-state index in [1.165, 1.54) is 6.33 Å². The molecule has 1 aliphatic rings. The number of halogens is 2. The van der Waals surface area contributed by atoms with Crippen LogP contribution in [0.4, 0.5) is 0 Å². The van der Waals surface area contributed by atoms with Gasteiger partial charge in [0.15, 0.2) is 5.15 Å². The normalized spacial score (nSPS) is 14.9. The van der Waals surface area contributed by atoms with Crippen molar-refractivity contribution in [2.45, 2.75) is 18.9 Å². The van der Waals surface area contributed by atoms with E-state index in [0.717, 1.165) is 34.5 Å². The largest absolute Gasteiger partial charge is 0.339 e. The Morgan fingerprint density at radius 2 is 2.03 bits per heavy atom. The van der Waals surface area contributed by atoms with Crippen LogP contribution in [0.15, 0.2) is 59.8 Å². The van der Waals surface area contributed by atoms with Crippen molar-refractivity contribution in [2.24, 2.45) is 0 Å². The number of pyridine rings is 2. The minimum Gasteiger partial charge on any atom is -0.339 e. The van der Waals surface area contributed by atoms with Crippen molar-refractivity contribution < 1.29 is 0 Å². The summed E-state index contributed by atoms with van der Waals surface area (Å²) in [5.41, 5.74) is 4.48. The first-order chi connectivity index (χ1) is 16.6. The van der Waals surface area contributed by atoms with Gasteiger partial charge < -0.3 is 9.55 Å². The van der Waals surface area contributed by atoms with Gasteiger partial charge in [-0.15, -0.1) is 5.10 Å². The van der Waals surface area contributed by atoms with Gasteiger partial charge in [0.25, 0.3) is 5.56 Å². The number of nitrogens with zero attached hydrogens (tertiary/aromatic N) is 7. The number of tetrazole rings is 1. The molecule has 1 aliphatic heterocycles. The highest BCUT2D eigenvalue weighted by atomic mass is 35.5. The van der Waals surface area contributed by atoms with Crippen molar-refractivity contribution in [3.05, 3.63) is 93.2 Å². The maximum Gasteiger partial charge on any atom is 0.252 e. The zero-order chi connectivity index (χ0) is 23.2. The van der Waals surface area contributed by atoms with Gasteiger partial charge >= 0.3 is 0 Å². The second-order valence-corrected chi connectivity index (χ2v) is 8.67. The zero-order valence-electron chi connectivity index (χ0n) is 17.5. The molecule has 1 aromatic carbocycles. The third-order valence-corrected chi connectivity index (χ3v) is 6.41. The van der Waals surface area contributed by atoms with E-state index in [4.69, 9.17) is 23.2 Å². The molecule has 0 bridgehead atoms. The summed E-state index contributed by atoms with van der Waals surface area (Å²) < 4.78 is 3.31. The van der Waals surface area contributed by atoms with Crippen LogP contribution in [0.3, 0.4) is 0 Å². The number of nitrogens with one attached hydrogen (secondary N) is 1. The average Bonchev–Trinajstić information content (AvgIpc) is 3.59. The lowest BCUT2D eigenvalue weighted by Gasteiger charge is -2.15. The number of imidazole rings is 1. The molecule has 0 fully saturated rings. The summed E-state index contributed by atoms with van der Waals surface area (Å²) in [6.07, 6.45) is 7.34. The van der Waals surface area contributed by atoms with Crippen LogP contribution in [0, 0.1) is 6.20 Å². The maximum absolute atomic E-state index is 13.3. The van der Waals surface area contributed by atoms with Crippen molar-refractivity contribution in [3.8, 4) is 28.1 Å². The van der Waals surface area contributed by atoms with Crippen molar-refractivity contribution >= 4 is 23.2 Å². The van der Waals surface area contributed by atoms with E-state index in [2.05, 4.69) is 36.7 Å². The molecule has 0 unspecified atom stereocenters. The van der Waals surface area contributed by atoms with Crippen molar-refractivity contribution in [2.75, 3.05) is 0 Å². The van der Waals surface area contributed by atoms with Crippen LogP contribution in [0.25, 0.3) is 28.1 Å². The first-order valence-corrected chi connectivity index (χ1v) is 11.2. The zero-order valence-corrected chi connectivity index (χ0v) is 19.0. The lowest BCUT2D eigenvalue weighted by atomic mass is 10.0. The Morgan fingerprint density at radius 3 is 2.82 bits per heavy atom. The van der Waals surface area contributed by atoms with Gasteiger partial charge in [-0.1, -0.05) is 23.2 Å². The number of aromatic nitrogens is 8. The minimum atomic E-state index is -0.246. The number of aromatic amines is 1. The number of fused-ring (bicyclic) bond motifs is 1. The molecule has 5 aromatic rings. The maximum atomic E-state index is 13.3. The van der Waals surface area contributed by atoms with Crippen LogP contribution in [0.2, 0.25) is 10.2 Å². The number of H-pyrrole nitrogens is 1. The van der Waals surface area contributed by atoms with Crippen LogP contribution in [-0.2, 0) is 6.42 Å². The Labute approximate surface area is 203 Å². The fourth-order valence-corrected chi connectivity index (χ4v) is 4.83. The van der Waals surface area contributed by atoms with Gasteiger partial charge in [0, 0.05) is 34.1 Å². The van der Waals surface area contributed by atoms with Crippen molar-refractivity contribution in [1.82, 2.24) is 39.7 Å². The van der Waals surface area contributed by atoms with Gasteiger partial charge in [0.05, 0.1) is 23.6 Å². The quantitative estimate of drug-likeness (QED) is 0.409. The highest BCUT2D eigenvalue weighted by Gasteiger charge is 2.29. The van der Waals surface area contributed by atoms with Crippen molar-refractivity contribution in [3.63, 3.8) is 0 Å². The molecule has 6 rings (SSSR count). The lowest BCUT2D eigenvalue weighted by molar-refractivity contribution is 0.572. The summed E-state index contributed by atoms with van der Waals surface area (Å²) in [6, 6.07) is 12.3. The Balaban J connectivity index is 1.42. The van der Waals surface area contributed by atoms with Crippen LogP contribution >= 0.6 is 23.2 Å². The van der Waals surface area contributed by atoms with E-state index in [0.29, 0.717) is 28.1 Å². The van der Waals surface area contributed by atoms with Crippen molar-refractivity contribution in [1.29, 1.82) is 0 Å². The third-order valence-electron chi connectivity index (χ3n) is 5.90. The average molecular weight is 490 g/mol. The van der Waals surface area contributed by atoms with Crippen LogP contribution in [0.5, 0.6) is 0 Å².